The van der Waals surface area contributed by atoms with E-state index >= 15 is 0 Å². The van der Waals surface area contributed by atoms with Crippen LogP contribution in [-0.2, 0) is 9.47 Å². The summed E-state index contributed by atoms with van der Waals surface area (Å²) in [5, 5.41) is 0. The molecule has 0 spiro atoms. The van der Waals surface area contributed by atoms with Gasteiger partial charge in [-0.1, -0.05) is 12.7 Å². The van der Waals surface area contributed by atoms with Gasteiger partial charge in [-0.05, 0) is 13.0 Å². The number of rotatable bonds is 5. The molecule has 0 bridgehead atoms. The number of nitrogens with two attached hydrogens (primary N) is 1. The van der Waals surface area contributed by atoms with Crippen LogP contribution in [0, 0.1) is 0 Å². The zero-order valence-electron chi connectivity index (χ0n) is 8.46. The minimum Gasteiger partial charge on any atom is -0.498 e. The summed E-state index contributed by atoms with van der Waals surface area (Å²) in [6.45, 7) is 5.39. The summed E-state index contributed by atoms with van der Waals surface area (Å²) in [4.78, 5) is 0. The number of hydrogen-bond acceptors (Lipinski definition) is 3. The summed E-state index contributed by atoms with van der Waals surface area (Å²) >= 11 is 0. The summed E-state index contributed by atoms with van der Waals surface area (Å²) < 4.78 is 10.1. The first-order valence-electron chi connectivity index (χ1n) is 4.01. The van der Waals surface area contributed by atoms with Gasteiger partial charge in [0.25, 0.3) is 0 Å². The third kappa shape index (κ3) is 4.25. The van der Waals surface area contributed by atoms with Gasteiger partial charge in [-0.25, -0.2) is 0 Å². The maximum atomic E-state index is 5.54. The number of allylic oxidation sites excluding steroid dienone is 3. The highest BCUT2D eigenvalue weighted by molar-refractivity contribution is 5.15. The van der Waals surface area contributed by atoms with E-state index in [2.05, 4.69) is 6.58 Å². The molecule has 2 N–H and O–H groups in total. The first-order chi connectivity index (χ1) is 6.15. The second kappa shape index (κ2) is 6.17. The SMILES string of the molecule is C=C/C(N)=C\C/C(OC)=C(\C)OC. The fourth-order valence-corrected chi connectivity index (χ4v) is 0.779. The summed E-state index contributed by atoms with van der Waals surface area (Å²) in [5.74, 6) is 1.53. The molecule has 3 nitrogen and oxygen atoms in total. The van der Waals surface area contributed by atoms with Crippen molar-refractivity contribution in [3.63, 3.8) is 0 Å². The van der Waals surface area contributed by atoms with Gasteiger partial charge >= 0.3 is 0 Å². The van der Waals surface area contributed by atoms with Crippen molar-refractivity contribution in [2.24, 2.45) is 5.73 Å². The molecular formula is C10H17NO2. The van der Waals surface area contributed by atoms with Crippen LogP contribution in [0.2, 0.25) is 0 Å². The van der Waals surface area contributed by atoms with Gasteiger partial charge in [0.05, 0.1) is 14.2 Å². The van der Waals surface area contributed by atoms with Crippen LogP contribution in [0.1, 0.15) is 13.3 Å². The second-order valence-electron chi connectivity index (χ2n) is 2.50. The number of hydrogen-bond donors (Lipinski definition) is 1. The van der Waals surface area contributed by atoms with Gasteiger partial charge < -0.3 is 15.2 Å². The first-order valence-corrected chi connectivity index (χ1v) is 4.01. The third-order valence-electron chi connectivity index (χ3n) is 1.70. The van der Waals surface area contributed by atoms with E-state index in [-0.39, 0.29) is 0 Å². The monoisotopic (exact) mass is 183 g/mol. The maximum absolute atomic E-state index is 5.54. The van der Waals surface area contributed by atoms with E-state index in [9.17, 15) is 0 Å². The molecule has 0 amide bonds. The third-order valence-corrected chi connectivity index (χ3v) is 1.70. The molecule has 0 rings (SSSR count). The van der Waals surface area contributed by atoms with Crippen LogP contribution in [-0.4, -0.2) is 14.2 Å². The Hall–Kier alpha value is -1.38. The highest BCUT2D eigenvalue weighted by Gasteiger charge is 2.00. The molecule has 0 fully saturated rings. The smallest absolute Gasteiger partial charge is 0.137 e. The topological polar surface area (TPSA) is 44.5 Å². The lowest BCUT2D eigenvalue weighted by Crippen LogP contribution is -1.96. The molecule has 0 unspecified atom stereocenters. The molecule has 0 aliphatic rings. The Kier molecular flexibility index (Phi) is 5.52. The average Bonchev–Trinajstić information content (AvgIpc) is 2.17. The summed E-state index contributed by atoms with van der Waals surface area (Å²) in [6.07, 6.45) is 4.04. The van der Waals surface area contributed by atoms with Crippen molar-refractivity contribution in [3.05, 3.63) is 35.9 Å². The minimum atomic E-state index is 0.619. The van der Waals surface area contributed by atoms with Crippen LogP contribution >= 0.6 is 0 Å². The molecule has 0 aromatic carbocycles. The largest absolute Gasteiger partial charge is 0.498 e. The highest BCUT2D eigenvalue weighted by Crippen LogP contribution is 2.11. The highest BCUT2D eigenvalue weighted by atomic mass is 16.5. The van der Waals surface area contributed by atoms with E-state index in [1.165, 1.54) is 0 Å². The molecule has 0 saturated carbocycles. The molecule has 0 aromatic heterocycles. The Morgan fingerprint density at radius 2 is 2.00 bits per heavy atom. The minimum absolute atomic E-state index is 0.619. The fourth-order valence-electron chi connectivity index (χ4n) is 0.779. The Labute approximate surface area is 79.5 Å². The molecule has 0 atom stereocenters. The van der Waals surface area contributed by atoms with Crippen LogP contribution in [0.25, 0.3) is 0 Å². The normalized spacial score (nSPS) is 13.3. The lowest BCUT2D eigenvalue weighted by atomic mass is 10.2. The zero-order chi connectivity index (χ0) is 10.3. The Balaban J connectivity index is 4.39. The van der Waals surface area contributed by atoms with Gasteiger partial charge in [0.2, 0.25) is 0 Å². The van der Waals surface area contributed by atoms with Crippen molar-refractivity contribution in [2.75, 3.05) is 14.2 Å². The molecular weight excluding hydrogens is 166 g/mol. The van der Waals surface area contributed by atoms with E-state index in [1.807, 2.05) is 13.0 Å². The molecule has 74 valence electrons. The second-order valence-corrected chi connectivity index (χ2v) is 2.50. The van der Waals surface area contributed by atoms with Crippen molar-refractivity contribution in [2.45, 2.75) is 13.3 Å². The van der Waals surface area contributed by atoms with Crippen molar-refractivity contribution in [1.29, 1.82) is 0 Å². The maximum Gasteiger partial charge on any atom is 0.137 e. The molecule has 0 radical (unpaired) electrons. The van der Waals surface area contributed by atoms with E-state index in [0.717, 1.165) is 11.5 Å². The molecule has 3 heteroatoms. The molecule has 0 heterocycles. The summed E-state index contributed by atoms with van der Waals surface area (Å²) in [7, 11) is 3.21. The van der Waals surface area contributed by atoms with E-state index in [0.29, 0.717) is 12.1 Å². The van der Waals surface area contributed by atoms with E-state index < -0.39 is 0 Å². The van der Waals surface area contributed by atoms with Crippen LogP contribution in [0.3, 0.4) is 0 Å². The lowest BCUT2D eigenvalue weighted by molar-refractivity contribution is 0.218. The van der Waals surface area contributed by atoms with Crippen LogP contribution < -0.4 is 5.73 Å². The molecule has 0 aromatic rings. The number of ether oxygens (including phenoxy) is 2. The van der Waals surface area contributed by atoms with Gasteiger partial charge in [-0.15, -0.1) is 0 Å². The molecule has 0 aliphatic heterocycles. The quantitative estimate of drug-likeness (QED) is 0.523. The van der Waals surface area contributed by atoms with Crippen molar-refractivity contribution < 1.29 is 9.47 Å². The van der Waals surface area contributed by atoms with Gasteiger partial charge in [-0.2, -0.15) is 0 Å². The average molecular weight is 183 g/mol. The Morgan fingerprint density at radius 1 is 1.38 bits per heavy atom. The van der Waals surface area contributed by atoms with Crippen LogP contribution in [0.5, 0.6) is 0 Å². The van der Waals surface area contributed by atoms with Gasteiger partial charge in [0, 0.05) is 12.1 Å². The zero-order valence-corrected chi connectivity index (χ0v) is 8.46. The number of methoxy groups -OCH3 is 2. The fraction of sp³-hybridized carbons (Fsp3) is 0.400. The molecule has 0 saturated heterocycles. The predicted octanol–water partition coefficient (Wildman–Crippen LogP) is 1.93. The van der Waals surface area contributed by atoms with Gasteiger partial charge in [-0.3, -0.25) is 0 Å². The first kappa shape index (κ1) is 11.6. The lowest BCUT2D eigenvalue weighted by Gasteiger charge is -2.07. The Morgan fingerprint density at radius 3 is 2.38 bits per heavy atom. The van der Waals surface area contributed by atoms with E-state index in [1.54, 1.807) is 20.3 Å². The van der Waals surface area contributed by atoms with Crippen molar-refractivity contribution in [1.82, 2.24) is 0 Å². The standard InChI is InChI=1S/C10H17NO2/c1-5-9(11)6-7-10(13-4)8(2)12-3/h5-6H,1,7,11H2,2-4H3/b9-6+,10-8-. The van der Waals surface area contributed by atoms with Crippen molar-refractivity contribution in [3.8, 4) is 0 Å². The molecule has 13 heavy (non-hydrogen) atoms. The van der Waals surface area contributed by atoms with Crippen LogP contribution in [0.4, 0.5) is 0 Å². The predicted molar refractivity (Wildman–Crippen MR) is 53.8 cm³/mol. The van der Waals surface area contributed by atoms with Crippen LogP contribution in [0.15, 0.2) is 35.9 Å². The summed E-state index contributed by atoms with van der Waals surface area (Å²) in [5.41, 5.74) is 6.18. The van der Waals surface area contributed by atoms with Crippen molar-refractivity contribution >= 4 is 0 Å². The van der Waals surface area contributed by atoms with Gasteiger partial charge in [0.1, 0.15) is 11.5 Å². The molecule has 0 aliphatic carbocycles. The summed E-state index contributed by atoms with van der Waals surface area (Å²) in [6, 6.07) is 0. The van der Waals surface area contributed by atoms with E-state index in [4.69, 9.17) is 15.2 Å². The van der Waals surface area contributed by atoms with Gasteiger partial charge in [0.15, 0.2) is 0 Å². The Bertz CT molecular complexity index is 229.